The lowest BCUT2D eigenvalue weighted by Crippen LogP contribution is -2.37. The van der Waals surface area contributed by atoms with Crippen LogP contribution in [0.15, 0.2) is 24.3 Å². The molecule has 0 saturated carbocycles. The van der Waals surface area contributed by atoms with Crippen molar-refractivity contribution in [2.75, 3.05) is 33.3 Å². The molecule has 0 aliphatic carbocycles. The second kappa shape index (κ2) is 7.82. The zero-order valence-corrected chi connectivity index (χ0v) is 13.4. The normalized spacial score (nSPS) is 15.4. The molecule has 1 aromatic rings. The summed E-state index contributed by atoms with van der Waals surface area (Å²) in [6.45, 7) is 4.59. The fourth-order valence-corrected chi connectivity index (χ4v) is 2.71. The lowest BCUT2D eigenvalue weighted by Gasteiger charge is -2.22. The van der Waals surface area contributed by atoms with Crippen molar-refractivity contribution in [3.63, 3.8) is 0 Å². The van der Waals surface area contributed by atoms with Crippen molar-refractivity contribution < 1.29 is 14.3 Å². The molecule has 2 rings (SSSR count). The molecule has 0 N–H and O–H groups in total. The summed E-state index contributed by atoms with van der Waals surface area (Å²) in [7, 11) is 1.62. The molecule has 0 atom stereocenters. The van der Waals surface area contributed by atoms with Gasteiger partial charge in [0.2, 0.25) is 11.8 Å². The smallest absolute Gasteiger partial charge is 0.227 e. The van der Waals surface area contributed by atoms with Gasteiger partial charge in [-0.1, -0.05) is 19.1 Å². The molecule has 0 bridgehead atoms. The Labute approximate surface area is 131 Å². The standard InChI is InChI=1S/C17H24N2O3/c1-3-16(20)18-8-5-9-19(11-10-18)17(21)13-14-6-4-7-15(12-14)22-2/h4,6-7,12H,3,5,8-11,13H2,1-2H3. The van der Waals surface area contributed by atoms with Gasteiger partial charge in [-0.15, -0.1) is 0 Å². The van der Waals surface area contributed by atoms with Gasteiger partial charge in [-0.3, -0.25) is 9.59 Å². The van der Waals surface area contributed by atoms with E-state index in [-0.39, 0.29) is 11.8 Å². The first-order valence-electron chi connectivity index (χ1n) is 7.82. The van der Waals surface area contributed by atoms with Crippen LogP contribution in [0, 0.1) is 0 Å². The molecule has 5 heteroatoms. The number of rotatable bonds is 4. The molecule has 1 aromatic carbocycles. The summed E-state index contributed by atoms with van der Waals surface area (Å²) in [5, 5.41) is 0. The largest absolute Gasteiger partial charge is 0.497 e. The number of benzene rings is 1. The number of methoxy groups -OCH3 is 1. The first-order valence-corrected chi connectivity index (χ1v) is 7.82. The summed E-state index contributed by atoms with van der Waals surface area (Å²) in [6.07, 6.45) is 1.74. The Bertz CT molecular complexity index is 530. The van der Waals surface area contributed by atoms with Gasteiger partial charge in [-0.25, -0.2) is 0 Å². The van der Waals surface area contributed by atoms with Crippen LogP contribution in [0.25, 0.3) is 0 Å². The number of ether oxygens (including phenoxy) is 1. The van der Waals surface area contributed by atoms with Crippen molar-refractivity contribution in [1.82, 2.24) is 9.80 Å². The van der Waals surface area contributed by atoms with E-state index < -0.39 is 0 Å². The lowest BCUT2D eigenvalue weighted by molar-refractivity contribution is -0.133. The summed E-state index contributed by atoms with van der Waals surface area (Å²) in [5.41, 5.74) is 0.954. The number of amides is 2. The summed E-state index contributed by atoms with van der Waals surface area (Å²) < 4.78 is 5.19. The molecule has 0 aromatic heterocycles. The minimum Gasteiger partial charge on any atom is -0.497 e. The van der Waals surface area contributed by atoms with Crippen LogP contribution in [0.5, 0.6) is 5.75 Å². The third kappa shape index (κ3) is 4.23. The third-order valence-corrected chi connectivity index (χ3v) is 3.99. The highest BCUT2D eigenvalue weighted by Gasteiger charge is 2.21. The Kier molecular flexibility index (Phi) is 5.81. The second-order valence-electron chi connectivity index (χ2n) is 5.50. The number of nitrogens with zero attached hydrogens (tertiary/aromatic N) is 2. The molecule has 1 fully saturated rings. The average molecular weight is 304 g/mol. The van der Waals surface area contributed by atoms with Crippen LogP contribution >= 0.6 is 0 Å². The van der Waals surface area contributed by atoms with E-state index in [9.17, 15) is 9.59 Å². The van der Waals surface area contributed by atoms with Gasteiger partial charge in [-0.2, -0.15) is 0 Å². The van der Waals surface area contributed by atoms with Crippen molar-refractivity contribution in [2.45, 2.75) is 26.2 Å². The van der Waals surface area contributed by atoms with E-state index in [4.69, 9.17) is 4.74 Å². The van der Waals surface area contributed by atoms with Crippen LogP contribution in [-0.4, -0.2) is 54.9 Å². The van der Waals surface area contributed by atoms with Gasteiger partial charge in [-0.05, 0) is 24.1 Å². The van der Waals surface area contributed by atoms with Crippen molar-refractivity contribution in [1.29, 1.82) is 0 Å². The minimum absolute atomic E-state index is 0.110. The highest BCUT2D eigenvalue weighted by atomic mass is 16.5. The van der Waals surface area contributed by atoms with E-state index in [0.717, 1.165) is 30.8 Å². The van der Waals surface area contributed by atoms with Crippen LogP contribution < -0.4 is 4.74 Å². The maximum absolute atomic E-state index is 12.4. The van der Waals surface area contributed by atoms with Crippen LogP contribution in [-0.2, 0) is 16.0 Å². The van der Waals surface area contributed by atoms with E-state index in [1.54, 1.807) is 7.11 Å². The molecule has 22 heavy (non-hydrogen) atoms. The molecule has 1 aliphatic heterocycles. The van der Waals surface area contributed by atoms with Gasteiger partial charge >= 0.3 is 0 Å². The van der Waals surface area contributed by atoms with E-state index in [1.807, 2.05) is 41.0 Å². The molecule has 1 heterocycles. The maximum atomic E-state index is 12.4. The molecular weight excluding hydrogens is 280 g/mol. The monoisotopic (exact) mass is 304 g/mol. The highest BCUT2D eigenvalue weighted by Crippen LogP contribution is 2.14. The third-order valence-electron chi connectivity index (χ3n) is 3.99. The number of carbonyl (C=O) groups excluding carboxylic acids is 2. The molecule has 5 nitrogen and oxygen atoms in total. The molecular formula is C17H24N2O3. The maximum Gasteiger partial charge on any atom is 0.227 e. The first-order chi connectivity index (χ1) is 10.6. The van der Waals surface area contributed by atoms with Crippen molar-refractivity contribution in [2.24, 2.45) is 0 Å². The Morgan fingerprint density at radius 1 is 1.09 bits per heavy atom. The van der Waals surface area contributed by atoms with Gasteiger partial charge in [0.05, 0.1) is 13.5 Å². The van der Waals surface area contributed by atoms with Gasteiger partial charge in [0, 0.05) is 32.6 Å². The predicted molar refractivity (Wildman–Crippen MR) is 84.8 cm³/mol. The SMILES string of the molecule is CCC(=O)N1CCCN(C(=O)Cc2cccc(OC)c2)CC1. The van der Waals surface area contributed by atoms with Crippen LogP contribution in [0.2, 0.25) is 0 Å². The highest BCUT2D eigenvalue weighted by molar-refractivity contribution is 5.79. The van der Waals surface area contributed by atoms with Crippen molar-refractivity contribution in [3.8, 4) is 5.75 Å². The molecule has 0 unspecified atom stereocenters. The number of hydrogen-bond acceptors (Lipinski definition) is 3. The van der Waals surface area contributed by atoms with E-state index >= 15 is 0 Å². The summed E-state index contributed by atoms with van der Waals surface area (Å²) in [4.78, 5) is 27.9. The van der Waals surface area contributed by atoms with Gasteiger partial charge in [0.15, 0.2) is 0 Å². The van der Waals surface area contributed by atoms with Crippen LogP contribution in [0.1, 0.15) is 25.3 Å². The summed E-state index contributed by atoms with van der Waals surface area (Å²) >= 11 is 0. The topological polar surface area (TPSA) is 49.9 Å². The van der Waals surface area contributed by atoms with Gasteiger partial charge < -0.3 is 14.5 Å². The molecule has 2 amide bonds. The molecule has 1 saturated heterocycles. The Balaban J connectivity index is 1.93. The molecule has 0 radical (unpaired) electrons. The Morgan fingerprint density at radius 2 is 1.77 bits per heavy atom. The van der Waals surface area contributed by atoms with E-state index in [0.29, 0.717) is 25.9 Å². The molecule has 120 valence electrons. The van der Waals surface area contributed by atoms with Crippen molar-refractivity contribution in [3.05, 3.63) is 29.8 Å². The lowest BCUT2D eigenvalue weighted by atomic mass is 10.1. The fraction of sp³-hybridized carbons (Fsp3) is 0.529. The zero-order valence-electron chi connectivity index (χ0n) is 13.4. The molecule has 1 aliphatic rings. The predicted octanol–water partition coefficient (Wildman–Crippen LogP) is 1.71. The Hall–Kier alpha value is -2.04. The number of hydrogen-bond donors (Lipinski definition) is 0. The van der Waals surface area contributed by atoms with Crippen LogP contribution in [0.3, 0.4) is 0 Å². The second-order valence-corrected chi connectivity index (χ2v) is 5.50. The average Bonchev–Trinajstić information content (AvgIpc) is 2.80. The number of carbonyl (C=O) groups is 2. The summed E-state index contributed by atoms with van der Waals surface area (Å²) in [5.74, 6) is 1.04. The summed E-state index contributed by atoms with van der Waals surface area (Å²) in [6, 6.07) is 7.59. The van der Waals surface area contributed by atoms with Crippen LogP contribution in [0.4, 0.5) is 0 Å². The minimum atomic E-state index is 0.110. The van der Waals surface area contributed by atoms with E-state index in [1.165, 1.54) is 0 Å². The zero-order chi connectivity index (χ0) is 15.9. The van der Waals surface area contributed by atoms with E-state index in [2.05, 4.69) is 0 Å². The van der Waals surface area contributed by atoms with Gasteiger partial charge in [0.25, 0.3) is 0 Å². The Morgan fingerprint density at radius 3 is 2.41 bits per heavy atom. The fourth-order valence-electron chi connectivity index (χ4n) is 2.71. The first kappa shape index (κ1) is 16.3. The van der Waals surface area contributed by atoms with Gasteiger partial charge in [0.1, 0.15) is 5.75 Å². The van der Waals surface area contributed by atoms with Crippen molar-refractivity contribution >= 4 is 11.8 Å². The quantitative estimate of drug-likeness (QED) is 0.851. The molecule has 0 spiro atoms.